The van der Waals surface area contributed by atoms with E-state index >= 15 is 0 Å². The Morgan fingerprint density at radius 3 is 2.52 bits per heavy atom. The molecule has 0 aliphatic heterocycles. The van der Waals surface area contributed by atoms with Gasteiger partial charge >= 0.3 is 0 Å². The van der Waals surface area contributed by atoms with Crippen LogP contribution in [0.15, 0.2) is 87.1 Å². The van der Waals surface area contributed by atoms with E-state index in [9.17, 15) is 10.2 Å². The summed E-state index contributed by atoms with van der Waals surface area (Å²) in [5.41, 5.74) is 3.84. The first-order chi connectivity index (χ1) is 14.2. The zero-order valence-corrected chi connectivity index (χ0v) is 15.9. The van der Waals surface area contributed by atoms with Crippen LogP contribution in [0.1, 0.15) is 42.3 Å². The fourth-order valence-corrected chi connectivity index (χ4v) is 2.75. The van der Waals surface area contributed by atoms with E-state index < -0.39 is 12.2 Å². The van der Waals surface area contributed by atoms with Crippen LogP contribution in [0.4, 0.5) is 0 Å². The summed E-state index contributed by atoms with van der Waals surface area (Å²) in [6.45, 7) is 0.0257. The van der Waals surface area contributed by atoms with Gasteiger partial charge in [-0.1, -0.05) is 18.2 Å². The molecule has 3 rings (SSSR count). The summed E-state index contributed by atoms with van der Waals surface area (Å²) >= 11 is 0. The summed E-state index contributed by atoms with van der Waals surface area (Å²) < 4.78 is 16.4. The number of aliphatic hydroxyl groups is 3. The number of hydrogen-bond donors (Lipinski definition) is 3. The zero-order valence-electron chi connectivity index (χ0n) is 15.9. The molecule has 6 heteroatoms. The Bertz CT molecular complexity index is 919. The van der Waals surface area contributed by atoms with E-state index in [1.165, 1.54) is 6.26 Å². The normalized spacial score (nSPS) is 12.8. The van der Waals surface area contributed by atoms with E-state index in [0.717, 1.165) is 5.57 Å². The van der Waals surface area contributed by atoms with Crippen LogP contribution >= 0.6 is 0 Å². The number of ether oxygens (including phenoxy) is 1. The Labute approximate surface area is 169 Å². The molecule has 3 aromatic rings. The van der Waals surface area contributed by atoms with Crippen LogP contribution in [0.5, 0.6) is 5.75 Å². The molecule has 29 heavy (non-hydrogen) atoms. The van der Waals surface area contributed by atoms with Crippen molar-refractivity contribution in [2.75, 3.05) is 6.61 Å². The molecule has 0 amide bonds. The molecule has 0 aliphatic carbocycles. The molecular weight excluding hydrogens is 372 g/mol. The van der Waals surface area contributed by atoms with Crippen LogP contribution in [0.25, 0.3) is 0 Å². The lowest BCUT2D eigenvalue weighted by Gasteiger charge is -2.11. The topological polar surface area (TPSA) is 96.2 Å². The van der Waals surface area contributed by atoms with E-state index in [1.807, 2.05) is 30.3 Å². The smallest absolute Gasteiger partial charge is 0.133 e. The number of hydrogen-bond acceptors (Lipinski definition) is 6. The average molecular weight is 396 g/mol. The number of furan rings is 2. The second kappa shape index (κ2) is 10.5. The van der Waals surface area contributed by atoms with Gasteiger partial charge in [-0.2, -0.15) is 0 Å². The van der Waals surface area contributed by atoms with Crippen molar-refractivity contribution in [2.45, 2.75) is 31.7 Å². The molecule has 152 valence electrons. The van der Waals surface area contributed by atoms with Crippen LogP contribution < -0.4 is 4.74 Å². The van der Waals surface area contributed by atoms with Crippen molar-refractivity contribution in [3.05, 3.63) is 95.5 Å². The first kappa shape index (κ1) is 20.7. The number of rotatable bonds is 10. The fourth-order valence-electron chi connectivity index (χ4n) is 2.75. The molecule has 2 heterocycles. The van der Waals surface area contributed by atoms with Crippen molar-refractivity contribution in [1.29, 1.82) is 0 Å². The maximum absolute atomic E-state index is 10.4. The molecule has 0 fully saturated rings. The average Bonchev–Trinajstić information content (AvgIpc) is 3.44. The van der Waals surface area contributed by atoms with Crippen molar-refractivity contribution in [1.82, 2.24) is 0 Å². The van der Waals surface area contributed by atoms with E-state index in [0.29, 0.717) is 23.0 Å². The third-order valence-corrected chi connectivity index (χ3v) is 4.28. The van der Waals surface area contributed by atoms with Crippen LogP contribution in [0.3, 0.4) is 0 Å². The van der Waals surface area contributed by atoms with Gasteiger partial charge in [-0.3, -0.25) is 0 Å². The lowest BCUT2D eigenvalue weighted by Crippen LogP contribution is -2.05. The van der Waals surface area contributed by atoms with Crippen molar-refractivity contribution < 1.29 is 28.9 Å². The summed E-state index contributed by atoms with van der Waals surface area (Å²) in [4.78, 5) is 0. The maximum atomic E-state index is 10.4. The standard InChI is InChI=1S/C23H24O6/c24-15-19-11-12-23(29-19)20(25)9-4-6-17(14-21(26)22-10-5-13-27-22)16-28-18-7-2-1-3-8-18/h1-5,7-8,10-13,20-21,24-26H,9,14-16H2/t6?,20-,21-/m1/s1. The molecule has 0 saturated heterocycles. The van der Waals surface area contributed by atoms with Gasteiger partial charge in [0.05, 0.1) is 6.26 Å². The van der Waals surface area contributed by atoms with E-state index in [4.69, 9.17) is 18.7 Å². The second-order valence-corrected chi connectivity index (χ2v) is 6.50. The van der Waals surface area contributed by atoms with Crippen LogP contribution in [-0.4, -0.2) is 21.9 Å². The van der Waals surface area contributed by atoms with Crippen molar-refractivity contribution >= 4 is 0 Å². The van der Waals surface area contributed by atoms with Crippen LogP contribution in [0.2, 0.25) is 0 Å². The van der Waals surface area contributed by atoms with E-state index in [2.05, 4.69) is 5.73 Å². The predicted octanol–water partition coefficient (Wildman–Crippen LogP) is 4.07. The molecule has 3 N–H and O–H groups in total. The zero-order chi connectivity index (χ0) is 20.5. The van der Waals surface area contributed by atoms with Gasteiger partial charge in [-0.15, -0.1) is 5.73 Å². The largest absolute Gasteiger partial charge is 0.489 e. The Morgan fingerprint density at radius 1 is 1.00 bits per heavy atom. The lowest BCUT2D eigenvalue weighted by atomic mass is 10.1. The fraction of sp³-hybridized carbons (Fsp3) is 0.261. The van der Waals surface area contributed by atoms with Gasteiger partial charge in [0.25, 0.3) is 0 Å². The van der Waals surface area contributed by atoms with E-state index in [-0.39, 0.29) is 26.1 Å². The molecule has 6 nitrogen and oxygen atoms in total. The Kier molecular flexibility index (Phi) is 7.50. The minimum atomic E-state index is -0.853. The maximum Gasteiger partial charge on any atom is 0.133 e. The lowest BCUT2D eigenvalue weighted by molar-refractivity contribution is 0.144. The molecule has 0 saturated carbocycles. The van der Waals surface area contributed by atoms with Gasteiger partial charge in [-0.25, -0.2) is 0 Å². The first-order valence-electron chi connectivity index (χ1n) is 9.35. The molecule has 1 aromatic carbocycles. The third kappa shape index (κ3) is 6.24. The molecule has 0 bridgehead atoms. The summed E-state index contributed by atoms with van der Waals surface area (Å²) in [6, 6.07) is 16.1. The predicted molar refractivity (Wildman–Crippen MR) is 106 cm³/mol. The Morgan fingerprint density at radius 2 is 1.83 bits per heavy atom. The highest BCUT2D eigenvalue weighted by Crippen LogP contribution is 2.23. The number of aliphatic hydroxyl groups excluding tert-OH is 3. The monoisotopic (exact) mass is 396 g/mol. The van der Waals surface area contributed by atoms with Crippen LogP contribution in [-0.2, 0) is 6.61 Å². The highest BCUT2D eigenvalue weighted by Gasteiger charge is 2.14. The molecular formula is C23H24O6. The second-order valence-electron chi connectivity index (χ2n) is 6.50. The molecule has 2 atom stereocenters. The van der Waals surface area contributed by atoms with Gasteiger partial charge in [0.1, 0.15) is 48.5 Å². The summed E-state index contributed by atoms with van der Waals surface area (Å²) in [5, 5.41) is 29.7. The van der Waals surface area contributed by atoms with Crippen molar-refractivity contribution in [3.63, 3.8) is 0 Å². The van der Waals surface area contributed by atoms with E-state index in [1.54, 1.807) is 30.3 Å². The quantitative estimate of drug-likeness (QED) is 0.447. The number of benzene rings is 1. The van der Waals surface area contributed by atoms with Crippen molar-refractivity contribution in [2.24, 2.45) is 0 Å². The molecule has 2 aromatic heterocycles. The highest BCUT2D eigenvalue weighted by atomic mass is 16.5. The van der Waals surface area contributed by atoms with Gasteiger partial charge in [-0.05, 0) is 42.5 Å². The van der Waals surface area contributed by atoms with Gasteiger partial charge in [0.2, 0.25) is 0 Å². The van der Waals surface area contributed by atoms with Gasteiger partial charge < -0.3 is 28.9 Å². The molecule has 0 radical (unpaired) electrons. The Balaban J connectivity index is 1.68. The first-order valence-corrected chi connectivity index (χ1v) is 9.35. The highest BCUT2D eigenvalue weighted by molar-refractivity contribution is 5.22. The minimum absolute atomic E-state index is 0.214. The molecule has 0 spiro atoms. The SMILES string of the molecule is OCc1ccc([C@H](O)CC=C=C(COc2ccccc2)C[C@@H](O)c2ccco2)o1. The summed E-state index contributed by atoms with van der Waals surface area (Å²) in [7, 11) is 0. The third-order valence-electron chi connectivity index (χ3n) is 4.28. The minimum Gasteiger partial charge on any atom is -0.489 e. The molecule has 0 unspecified atom stereocenters. The summed E-state index contributed by atoms with van der Waals surface area (Å²) in [6.07, 6.45) is 2.08. The summed E-state index contributed by atoms with van der Waals surface area (Å²) in [5.74, 6) is 1.96. The van der Waals surface area contributed by atoms with Crippen LogP contribution in [0, 0.1) is 0 Å². The molecule has 0 aliphatic rings. The Hall–Kier alpha value is -3.02. The number of para-hydroxylation sites is 1. The van der Waals surface area contributed by atoms with Gasteiger partial charge in [0, 0.05) is 18.4 Å². The van der Waals surface area contributed by atoms with Crippen molar-refractivity contribution in [3.8, 4) is 5.75 Å². The van der Waals surface area contributed by atoms with Gasteiger partial charge in [0.15, 0.2) is 0 Å².